The molecule has 0 N–H and O–H groups in total. The molecule has 32 heavy (non-hydrogen) atoms. The van der Waals surface area contributed by atoms with Crippen LogP contribution in [0.2, 0.25) is 0 Å². The van der Waals surface area contributed by atoms with Gasteiger partial charge in [-0.1, -0.05) is 37.5 Å². The molecule has 2 aliphatic heterocycles. The Morgan fingerprint density at radius 1 is 0.844 bits per heavy atom. The molecular formula is C26H31N3O2S. The maximum absolute atomic E-state index is 13.7. The fourth-order valence-corrected chi connectivity index (χ4v) is 6.15. The predicted octanol–water partition coefficient (Wildman–Crippen LogP) is 4.60. The number of aryl methyl sites for hydroxylation is 1. The second kappa shape index (κ2) is 8.74. The van der Waals surface area contributed by atoms with Gasteiger partial charge in [-0.15, -0.1) is 11.3 Å². The molecule has 2 fully saturated rings. The van der Waals surface area contributed by atoms with Gasteiger partial charge in [-0.25, -0.2) is 0 Å². The maximum atomic E-state index is 13.7. The molecule has 1 aliphatic carbocycles. The monoisotopic (exact) mass is 449 g/mol. The van der Waals surface area contributed by atoms with Crippen LogP contribution in [0.4, 0.5) is 5.69 Å². The summed E-state index contributed by atoms with van der Waals surface area (Å²) in [5.41, 5.74) is 5.14. The quantitative estimate of drug-likeness (QED) is 0.640. The Hall–Kier alpha value is -2.60. The summed E-state index contributed by atoms with van der Waals surface area (Å²) in [5.74, 6) is -0.165. The van der Waals surface area contributed by atoms with Crippen LogP contribution in [0, 0.1) is 13.8 Å². The summed E-state index contributed by atoms with van der Waals surface area (Å²) < 4.78 is 0. The Balaban J connectivity index is 1.42. The molecule has 168 valence electrons. The first-order valence-corrected chi connectivity index (χ1v) is 12.7. The Bertz CT molecular complexity index is 1050. The summed E-state index contributed by atoms with van der Waals surface area (Å²) in [6, 6.07) is 10.4. The van der Waals surface area contributed by atoms with Crippen molar-refractivity contribution in [3.63, 3.8) is 0 Å². The number of hydrogen-bond donors (Lipinski definition) is 0. The fourth-order valence-electron chi connectivity index (χ4n) is 5.39. The average Bonchev–Trinajstić information content (AvgIpc) is 3.42. The molecule has 0 radical (unpaired) electrons. The summed E-state index contributed by atoms with van der Waals surface area (Å²) in [5, 5.41) is 1.99. The predicted molar refractivity (Wildman–Crippen MR) is 130 cm³/mol. The van der Waals surface area contributed by atoms with Gasteiger partial charge in [0.1, 0.15) is 5.70 Å². The summed E-state index contributed by atoms with van der Waals surface area (Å²) in [7, 11) is 0. The molecule has 0 bridgehead atoms. The molecular weight excluding hydrogens is 418 g/mol. The van der Waals surface area contributed by atoms with Crippen LogP contribution in [0.3, 0.4) is 0 Å². The van der Waals surface area contributed by atoms with Crippen molar-refractivity contribution in [3.05, 3.63) is 57.4 Å². The van der Waals surface area contributed by atoms with Crippen LogP contribution in [0.25, 0.3) is 5.57 Å². The van der Waals surface area contributed by atoms with E-state index in [4.69, 9.17) is 0 Å². The van der Waals surface area contributed by atoms with Crippen LogP contribution in [0.5, 0.6) is 0 Å². The van der Waals surface area contributed by atoms with E-state index in [1.165, 1.54) is 23.2 Å². The van der Waals surface area contributed by atoms with Crippen molar-refractivity contribution in [1.29, 1.82) is 0 Å². The van der Waals surface area contributed by atoms with E-state index in [9.17, 15) is 9.59 Å². The van der Waals surface area contributed by atoms with Crippen molar-refractivity contribution in [2.24, 2.45) is 0 Å². The standard InChI is InChI=1S/C26H31N3O2S/c1-18-8-6-11-21(19(18)2)27-13-15-28(16-14-27)24-23(22-12-7-17-32-22)25(30)29(26(24)31)20-9-4-3-5-10-20/h6-8,11-12,17,20H,3-5,9-10,13-16H2,1-2H3. The van der Waals surface area contributed by atoms with Gasteiger partial charge in [-0.2, -0.15) is 0 Å². The van der Waals surface area contributed by atoms with E-state index < -0.39 is 0 Å². The molecule has 2 amide bonds. The maximum Gasteiger partial charge on any atom is 0.278 e. The number of benzene rings is 1. The van der Waals surface area contributed by atoms with Gasteiger partial charge in [0, 0.05) is 42.8 Å². The lowest BCUT2D eigenvalue weighted by Gasteiger charge is -2.38. The molecule has 5 nitrogen and oxygen atoms in total. The first kappa shape index (κ1) is 21.3. The zero-order valence-corrected chi connectivity index (χ0v) is 19.8. The molecule has 3 aliphatic rings. The minimum atomic E-state index is -0.0868. The first-order valence-electron chi connectivity index (χ1n) is 11.8. The van der Waals surface area contributed by atoms with Crippen molar-refractivity contribution >= 4 is 34.4 Å². The number of amides is 2. The number of thiophene rings is 1. The van der Waals surface area contributed by atoms with Crippen LogP contribution in [-0.4, -0.2) is 53.8 Å². The highest BCUT2D eigenvalue weighted by atomic mass is 32.1. The van der Waals surface area contributed by atoms with E-state index in [1.807, 2.05) is 17.5 Å². The van der Waals surface area contributed by atoms with Gasteiger partial charge in [0.25, 0.3) is 11.8 Å². The smallest absolute Gasteiger partial charge is 0.278 e. The van der Waals surface area contributed by atoms with Crippen LogP contribution < -0.4 is 4.90 Å². The third kappa shape index (κ3) is 3.64. The lowest BCUT2D eigenvalue weighted by atomic mass is 9.94. The summed E-state index contributed by atoms with van der Waals surface area (Å²) in [6.45, 7) is 7.50. The number of anilines is 1. The van der Waals surface area contributed by atoms with Gasteiger partial charge in [-0.05, 0) is 55.3 Å². The summed E-state index contributed by atoms with van der Waals surface area (Å²) in [4.78, 5) is 34.3. The van der Waals surface area contributed by atoms with E-state index in [-0.39, 0.29) is 17.9 Å². The van der Waals surface area contributed by atoms with Crippen molar-refractivity contribution in [3.8, 4) is 0 Å². The van der Waals surface area contributed by atoms with E-state index in [0.29, 0.717) is 11.3 Å². The third-order valence-electron chi connectivity index (χ3n) is 7.31. The Morgan fingerprint density at radius 3 is 2.25 bits per heavy atom. The van der Waals surface area contributed by atoms with Crippen LogP contribution in [-0.2, 0) is 9.59 Å². The minimum Gasteiger partial charge on any atom is -0.368 e. The summed E-state index contributed by atoms with van der Waals surface area (Å²) in [6.07, 6.45) is 5.26. The van der Waals surface area contributed by atoms with E-state index in [0.717, 1.165) is 56.7 Å². The molecule has 0 unspecified atom stereocenters. The van der Waals surface area contributed by atoms with Crippen LogP contribution >= 0.6 is 11.3 Å². The Morgan fingerprint density at radius 2 is 1.56 bits per heavy atom. The second-order valence-corrected chi connectivity index (χ2v) is 10.1. The Labute approximate surface area is 194 Å². The molecule has 1 saturated carbocycles. The number of hydrogen-bond acceptors (Lipinski definition) is 5. The number of carbonyl (C=O) groups excluding carboxylic acids is 2. The first-order chi connectivity index (χ1) is 15.6. The van der Waals surface area contributed by atoms with Gasteiger partial charge in [0.05, 0.1) is 5.57 Å². The van der Waals surface area contributed by atoms with E-state index in [2.05, 4.69) is 41.8 Å². The largest absolute Gasteiger partial charge is 0.368 e. The average molecular weight is 450 g/mol. The Kier molecular flexibility index (Phi) is 5.80. The molecule has 1 saturated heterocycles. The van der Waals surface area contributed by atoms with Crippen molar-refractivity contribution < 1.29 is 9.59 Å². The highest BCUT2D eigenvalue weighted by Crippen LogP contribution is 2.38. The molecule has 5 rings (SSSR count). The van der Waals surface area contributed by atoms with E-state index >= 15 is 0 Å². The zero-order chi connectivity index (χ0) is 22.2. The minimum absolute atomic E-state index is 0.0486. The number of imide groups is 1. The zero-order valence-electron chi connectivity index (χ0n) is 19.0. The van der Waals surface area contributed by atoms with Crippen molar-refractivity contribution in [2.45, 2.75) is 52.0 Å². The topological polar surface area (TPSA) is 43.9 Å². The number of nitrogens with zero attached hydrogens (tertiary/aromatic N) is 3. The van der Waals surface area contributed by atoms with Gasteiger partial charge in [-0.3, -0.25) is 14.5 Å². The lowest BCUT2D eigenvalue weighted by molar-refractivity contribution is -0.141. The van der Waals surface area contributed by atoms with Crippen molar-refractivity contribution in [1.82, 2.24) is 9.80 Å². The highest BCUT2D eigenvalue weighted by molar-refractivity contribution is 7.11. The summed E-state index contributed by atoms with van der Waals surface area (Å²) >= 11 is 1.55. The van der Waals surface area contributed by atoms with Crippen molar-refractivity contribution in [2.75, 3.05) is 31.1 Å². The van der Waals surface area contributed by atoms with Crippen LogP contribution in [0.1, 0.15) is 48.1 Å². The van der Waals surface area contributed by atoms with E-state index in [1.54, 1.807) is 16.2 Å². The molecule has 3 heterocycles. The fraction of sp³-hybridized carbons (Fsp3) is 0.462. The molecule has 0 atom stereocenters. The molecule has 2 aromatic rings. The van der Waals surface area contributed by atoms with Crippen LogP contribution in [0.15, 0.2) is 41.4 Å². The van der Waals surface area contributed by atoms with Gasteiger partial charge in [0.15, 0.2) is 0 Å². The number of carbonyl (C=O) groups is 2. The highest BCUT2D eigenvalue weighted by Gasteiger charge is 2.45. The van der Waals surface area contributed by atoms with Gasteiger partial charge >= 0.3 is 0 Å². The molecule has 6 heteroatoms. The molecule has 1 aromatic carbocycles. The SMILES string of the molecule is Cc1cccc(N2CCN(C3=C(c4cccs4)C(=O)N(C4CCCCC4)C3=O)CC2)c1C. The molecule has 0 spiro atoms. The number of rotatable bonds is 4. The molecule has 1 aromatic heterocycles. The second-order valence-electron chi connectivity index (χ2n) is 9.17. The van der Waals surface area contributed by atoms with Gasteiger partial charge in [0.2, 0.25) is 0 Å². The number of piperazine rings is 1. The normalized spacial score (nSPS) is 20.6. The third-order valence-corrected chi connectivity index (χ3v) is 8.20. The van der Waals surface area contributed by atoms with Gasteiger partial charge < -0.3 is 9.80 Å². The lowest BCUT2D eigenvalue weighted by Crippen LogP contribution is -2.49.